The topological polar surface area (TPSA) is 75.3 Å². The zero-order valence-electron chi connectivity index (χ0n) is 10.4. The quantitative estimate of drug-likeness (QED) is 0.856. The molecule has 0 spiro atoms. The predicted molar refractivity (Wildman–Crippen MR) is 66.8 cm³/mol. The lowest BCUT2D eigenvalue weighted by Gasteiger charge is -2.13. The number of halogens is 2. The normalized spacial score (nSPS) is 13.1. The summed E-state index contributed by atoms with van der Waals surface area (Å²) >= 11 is 0. The fourth-order valence-electron chi connectivity index (χ4n) is 1.38. The smallest absolute Gasteiger partial charge is 0.341 e. The fourth-order valence-corrected chi connectivity index (χ4v) is 2.10. The van der Waals surface area contributed by atoms with E-state index in [1.54, 1.807) is 6.92 Å². The second-order valence-electron chi connectivity index (χ2n) is 3.81. The van der Waals surface area contributed by atoms with Crippen LogP contribution in [0.4, 0.5) is 14.5 Å². The number of anilines is 1. The van der Waals surface area contributed by atoms with Gasteiger partial charge in [0.1, 0.15) is 6.04 Å². The Morgan fingerprint density at radius 1 is 1.21 bits per heavy atom. The van der Waals surface area contributed by atoms with Crippen LogP contribution in [0.5, 0.6) is 0 Å². The third kappa shape index (κ3) is 3.63. The molecule has 0 unspecified atom stereocenters. The molecule has 0 aliphatic heterocycles. The molecule has 1 rings (SSSR count). The molecule has 0 saturated heterocycles. The number of hydrogen-bond acceptors (Lipinski definition) is 4. The van der Waals surface area contributed by atoms with Crippen LogP contribution in [-0.4, -0.2) is 33.2 Å². The molecule has 0 bridgehead atoms. The number of amides is 1. The van der Waals surface area contributed by atoms with Crippen molar-refractivity contribution >= 4 is 21.4 Å². The van der Waals surface area contributed by atoms with Gasteiger partial charge >= 0.3 is 5.76 Å². The fraction of sp³-hybridized carbons (Fsp3) is 0.364. The number of hydrogen-bond donors (Lipinski definition) is 2. The maximum Gasteiger partial charge on any atom is 0.341 e. The Hall–Kier alpha value is -1.70. The molecule has 1 atom stereocenters. The second-order valence-corrected chi connectivity index (χ2v) is 5.73. The summed E-state index contributed by atoms with van der Waals surface area (Å²) in [4.78, 5) is 10.8. The van der Waals surface area contributed by atoms with Gasteiger partial charge in [-0.25, -0.2) is 8.42 Å². The van der Waals surface area contributed by atoms with E-state index in [0.29, 0.717) is 5.69 Å². The molecule has 0 radical (unpaired) electrons. The standard InChI is InChI=1S/C11H14F2N2O3S/c1-7(10(16)14-2)15-8-3-5-9(6-4-8)19(17,18)11(12)13/h3-7,11,15H,1-2H3,(H,14,16)/t7-/m1/s1. The highest BCUT2D eigenvalue weighted by atomic mass is 32.2. The molecule has 0 heterocycles. The molecular formula is C11H14F2N2O3S. The number of likely N-dealkylation sites (N-methyl/N-ethyl adjacent to an activating group) is 1. The van der Waals surface area contributed by atoms with Crippen LogP contribution < -0.4 is 10.6 Å². The van der Waals surface area contributed by atoms with Crippen molar-refractivity contribution in [1.29, 1.82) is 0 Å². The predicted octanol–water partition coefficient (Wildman–Crippen LogP) is 1.23. The average molecular weight is 292 g/mol. The van der Waals surface area contributed by atoms with Gasteiger partial charge in [0.05, 0.1) is 4.90 Å². The van der Waals surface area contributed by atoms with Gasteiger partial charge in [-0.3, -0.25) is 4.79 Å². The zero-order valence-corrected chi connectivity index (χ0v) is 11.2. The number of sulfone groups is 1. The van der Waals surface area contributed by atoms with Crippen molar-refractivity contribution in [3.63, 3.8) is 0 Å². The maximum atomic E-state index is 12.3. The molecule has 0 aromatic heterocycles. The minimum Gasteiger partial charge on any atom is -0.374 e. The van der Waals surface area contributed by atoms with Crippen LogP contribution in [0.3, 0.4) is 0 Å². The Kier molecular flexibility index (Phi) is 4.82. The average Bonchev–Trinajstić information content (AvgIpc) is 2.38. The van der Waals surface area contributed by atoms with Gasteiger partial charge in [-0.05, 0) is 31.2 Å². The van der Waals surface area contributed by atoms with Crippen molar-refractivity contribution in [2.45, 2.75) is 23.6 Å². The summed E-state index contributed by atoms with van der Waals surface area (Å²) in [6.45, 7) is 1.61. The highest BCUT2D eigenvalue weighted by molar-refractivity contribution is 7.91. The summed E-state index contributed by atoms with van der Waals surface area (Å²) in [5.74, 6) is -3.69. The Morgan fingerprint density at radius 3 is 2.16 bits per heavy atom. The summed E-state index contributed by atoms with van der Waals surface area (Å²) in [6, 6.07) is 4.27. The first-order valence-electron chi connectivity index (χ1n) is 5.39. The molecule has 2 N–H and O–H groups in total. The van der Waals surface area contributed by atoms with Crippen LogP contribution in [0.15, 0.2) is 29.2 Å². The van der Waals surface area contributed by atoms with Crippen LogP contribution in [0, 0.1) is 0 Å². The van der Waals surface area contributed by atoms with Gasteiger partial charge in [0.2, 0.25) is 15.7 Å². The first-order chi connectivity index (χ1) is 8.78. The molecule has 0 aliphatic rings. The van der Waals surface area contributed by atoms with Crippen molar-refractivity contribution in [2.75, 3.05) is 12.4 Å². The summed E-state index contributed by atoms with van der Waals surface area (Å²) in [7, 11) is -3.10. The van der Waals surface area contributed by atoms with Crippen molar-refractivity contribution in [2.24, 2.45) is 0 Å². The number of carbonyl (C=O) groups is 1. The van der Waals surface area contributed by atoms with Crippen LogP contribution >= 0.6 is 0 Å². The Morgan fingerprint density at radius 2 is 1.74 bits per heavy atom. The molecule has 5 nitrogen and oxygen atoms in total. The van der Waals surface area contributed by atoms with Gasteiger partial charge in [-0.1, -0.05) is 0 Å². The Balaban J connectivity index is 2.86. The molecule has 8 heteroatoms. The van der Waals surface area contributed by atoms with E-state index in [0.717, 1.165) is 12.1 Å². The van der Waals surface area contributed by atoms with Gasteiger partial charge < -0.3 is 10.6 Å². The molecular weight excluding hydrogens is 278 g/mol. The van der Waals surface area contributed by atoms with Crippen molar-refractivity contribution in [3.05, 3.63) is 24.3 Å². The van der Waals surface area contributed by atoms with Gasteiger partial charge in [-0.2, -0.15) is 8.78 Å². The Labute approximate surface area is 109 Å². The number of alkyl halides is 2. The van der Waals surface area contributed by atoms with E-state index in [9.17, 15) is 22.0 Å². The van der Waals surface area contributed by atoms with Gasteiger partial charge in [0.15, 0.2) is 0 Å². The zero-order chi connectivity index (χ0) is 14.6. The van der Waals surface area contributed by atoms with E-state index in [4.69, 9.17) is 0 Å². The van der Waals surface area contributed by atoms with E-state index in [1.807, 2.05) is 0 Å². The van der Waals surface area contributed by atoms with Gasteiger partial charge in [0.25, 0.3) is 0 Å². The minimum atomic E-state index is -4.58. The molecule has 0 aliphatic carbocycles. The molecule has 1 amide bonds. The first-order valence-corrected chi connectivity index (χ1v) is 6.94. The number of carbonyl (C=O) groups excluding carboxylic acids is 1. The Bertz CT molecular complexity index is 544. The molecule has 1 aromatic carbocycles. The van der Waals surface area contributed by atoms with Crippen molar-refractivity contribution in [1.82, 2.24) is 5.32 Å². The summed E-state index contributed by atoms with van der Waals surface area (Å²) in [6.07, 6.45) is 0. The third-order valence-corrected chi connectivity index (χ3v) is 3.84. The largest absolute Gasteiger partial charge is 0.374 e. The SMILES string of the molecule is CNC(=O)[C@@H](C)Nc1ccc(S(=O)(=O)C(F)F)cc1. The molecule has 19 heavy (non-hydrogen) atoms. The number of rotatable bonds is 5. The van der Waals surface area contributed by atoms with Gasteiger partial charge in [-0.15, -0.1) is 0 Å². The lowest BCUT2D eigenvalue weighted by molar-refractivity contribution is -0.121. The number of nitrogens with one attached hydrogen (secondary N) is 2. The summed E-state index contributed by atoms with van der Waals surface area (Å²) in [5, 5.41) is 5.25. The van der Waals surface area contributed by atoms with Crippen LogP contribution in [0.1, 0.15) is 6.92 Å². The van der Waals surface area contributed by atoms with E-state index < -0.39 is 26.5 Å². The monoisotopic (exact) mass is 292 g/mol. The molecule has 1 aromatic rings. The first kappa shape index (κ1) is 15.4. The van der Waals surface area contributed by atoms with E-state index >= 15 is 0 Å². The summed E-state index contributed by atoms with van der Waals surface area (Å²) in [5.41, 5.74) is 0.462. The highest BCUT2D eigenvalue weighted by Gasteiger charge is 2.26. The lowest BCUT2D eigenvalue weighted by Crippen LogP contribution is -2.35. The van der Waals surface area contributed by atoms with Crippen molar-refractivity contribution in [3.8, 4) is 0 Å². The van der Waals surface area contributed by atoms with Crippen LogP contribution in [-0.2, 0) is 14.6 Å². The van der Waals surface area contributed by atoms with Crippen molar-refractivity contribution < 1.29 is 22.0 Å². The third-order valence-electron chi connectivity index (χ3n) is 2.44. The lowest BCUT2D eigenvalue weighted by atomic mass is 10.2. The molecule has 0 saturated carbocycles. The van der Waals surface area contributed by atoms with Crippen LogP contribution in [0.25, 0.3) is 0 Å². The maximum absolute atomic E-state index is 12.3. The molecule has 106 valence electrons. The van der Waals surface area contributed by atoms with E-state index in [-0.39, 0.29) is 5.91 Å². The van der Waals surface area contributed by atoms with E-state index in [2.05, 4.69) is 10.6 Å². The number of benzene rings is 1. The van der Waals surface area contributed by atoms with E-state index in [1.165, 1.54) is 19.2 Å². The van der Waals surface area contributed by atoms with Crippen LogP contribution in [0.2, 0.25) is 0 Å². The second kappa shape index (κ2) is 5.96. The highest BCUT2D eigenvalue weighted by Crippen LogP contribution is 2.20. The van der Waals surface area contributed by atoms with Gasteiger partial charge in [0, 0.05) is 12.7 Å². The summed E-state index contributed by atoms with van der Waals surface area (Å²) < 4.78 is 47.0. The minimum absolute atomic E-state index is 0.246. The molecule has 0 fully saturated rings.